The van der Waals surface area contributed by atoms with Crippen molar-refractivity contribution < 1.29 is 9.47 Å². The zero-order chi connectivity index (χ0) is 26.9. The van der Waals surface area contributed by atoms with Crippen molar-refractivity contribution in [2.24, 2.45) is 0 Å². The highest BCUT2D eigenvalue weighted by atomic mass is 32.2. The summed E-state index contributed by atoms with van der Waals surface area (Å²) in [6.07, 6.45) is 0. The summed E-state index contributed by atoms with van der Waals surface area (Å²) in [6.45, 7) is 0.0368. The van der Waals surface area contributed by atoms with Gasteiger partial charge in [0.05, 0.1) is 11.4 Å². The van der Waals surface area contributed by atoms with Crippen LogP contribution in [0.1, 0.15) is 0 Å². The molecule has 0 N–H and O–H groups in total. The van der Waals surface area contributed by atoms with Crippen LogP contribution in [0.5, 0.6) is 23.0 Å². The van der Waals surface area contributed by atoms with Crippen molar-refractivity contribution in [3.05, 3.63) is 133 Å². The minimum Gasteiger partial charge on any atom is -0.458 e. The van der Waals surface area contributed by atoms with Gasteiger partial charge in [-0.1, -0.05) is 96.7 Å². The maximum Gasteiger partial charge on any atom is 0.260 e. The molecule has 3 aliphatic rings. The molecule has 0 aliphatic carbocycles. The average Bonchev–Trinajstić information content (AvgIpc) is 3.03. The Kier molecular flexibility index (Phi) is 4.93. The number of nitrogens with zero attached hydrogens (tertiary/aromatic N) is 1. The molecule has 6 aromatic rings. The molecular formula is C36H22BNO2S. The number of rotatable bonds is 2. The van der Waals surface area contributed by atoms with E-state index < -0.39 is 0 Å². The molecule has 3 aliphatic heterocycles. The molecule has 9 rings (SSSR count). The first-order chi connectivity index (χ1) is 20.3. The molecule has 0 spiro atoms. The van der Waals surface area contributed by atoms with Gasteiger partial charge in [-0.2, -0.15) is 0 Å². The Morgan fingerprint density at radius 1 is 0.512 bits per heavy atom. The smallest absolute Gasteiger partial charge is 0.260 e. The molecule has 6 aromatic carbocycles. The Labute approximate surface area is 243 Å². The number of para-hydroxylation sites is 5. The fraction of sp³-hybridized carbons (Fsp3) is 0. The summed E-state index contributed by atoms with van der Waals surface area (Å²) in [6, 6.07) is 47.0. The highest BCUT2D eigenvalue weighted by molar-refractivity contribution is 7.99. The van der Waals surface area contributed by atoms with Gasteiger partial charge in [-0.25, -0.2) is 0 Å². The number of fused-ring (bicyclic) bond motifs is 6. The normalized spacial score (nSPS) is 13.6. The van der Waals surface area contributed by atoms with E-state index in [0.29, 0.717) is 0 Å². The highest BCUT2D eigenvalue weighted by Crippen LogP contribution is 2.55. The SMILES string of the molecule is c1ccc(N2c3ccccc3Sc3cccc(-c4cccc5c4Oc4cccc6c4B5c4ccccc4O6)c32)cc1. The molecule has 0 fully saturated rings. The maximum atomic E-state index is 6.82. The molecule has 0 unspecified atom stereocenters. The van der Waals surface area contributed by atoms with Gasteiger partial charge in [0.25, 0.3) is 6.71 Å². The quantitative estimate of drug-likeness (QED) is 0.206. The van der Waals surface area contributed by atoms with Gasteiger partial charge in [0.15, 0.2) is 0 Å². The van der Waals surface area contributed by atoms with Crippen LogP contribution in [-0.2, 0) is 0 Å². The molecule has 0 amide bonds. The van der Waals surface area contributed by atoms with Gasteiger partial charge in [0.1, 0.15) is 23.0 Å². The van der Waals surface area contributed by atoms with E-state index in [1.165, 1.54) is 26.6 Å². The third-order valence-electron chi connectivity index (χ3n) is 8.19. The summed E-state index contributed by atoms with van der Waals surface area (Å²) in [7, 11) is 0. The number of ether oxygens (including phenoxy) is 2. The van der Waals surface area contributed by atoms with E-state index in [2.05, 4.69) is 120 Å². The van der Waals surface area contributed by atoms with Crippen LogP contribution >= 0.6 is 11.8 Å². The Morgan fingerprint density at radius 2 is 1.17 bits per heavy atom. The summed E-state index contributed by atoms with van der Waals surface area (Å²) < 4.78 is 13.2. The number of hydrogen-bond donors (Lipinski definition) is 0. The van der Waals surface area contributed by atoms with Crippen molar-refractivity contribution in [3.63, 3.8) is 0 Å². The van der Waals surface area contributed by atoms with Crippen molar-refractivity contribution in [1.82, 2.24) is 0 Å². The Morgan fingerprint density at radius 3 is 2.10 bits per heavy atom. The van der Waals surface area contributed by atoms with Crippen molar-refractivity contribution in [3.8, 4) is 34.1 Å². The third-order valence-corrected chi connectivity index (χ3v) is 9.30. The standard InChI is InChI=1S/C36H22BNO2S/c1-2-11-23(12-3-1)38-28-17-5-7-21-32(28)41-33-22-9-13-24(35(33)38)25-14-8-16-27-36(25)40-31-20-10-19-30-34(31)37(27)26-15-4-6-18-29(26)39-30/h1-22H. The first-order valence-electron chi connectivity index (χ1n) is 13.8. The molecule has 0 saturated carbocycles. The highest BCUT2D eigenvalue weighted by Gasteiger charge is 2.41. The molecule has 0 bridgehead atoms. The number of anilines is 3. The second-order valence-electron chi connectivity index (χ2n) is 10.5. The van der Waals surface area contributed by atoms with Gasteiger partial charge in [-0.05, 0) is 59.5 Å². The molecule has 3 heterocycles. The zero-order valence-electron chi connectivity index (χ0n) is 22.0. The second-order valence-corrected chi connectivity index (χ2v) is 11.5. The van der Waals surface area contributed by atoms with Crippen LogP contribution in [0.2, 0.25) is 0 Å². The van der Waals surface area contributed by atoms with E-state index in [1.807, 2.05) is 30.0 Å². The lowest BCUT2D eigenvalue weighted by atomic mass is 9.34. The summed E-state index contributed by atoms with van der Waals surface area (Å²) >= 11 is 1.82. The lowest BCUT2D eigenvalue weighted by Crippen LogP contribution is -2.57. The van der Waals surface area contributed by atoms with Crippen molar-refractivity contribution in [2.75, 3.05) is 4.90 Å². The van der Waals surface area contributed by atoms with Crippen LogP contribution in [0.3, 0.4) is 0 Å². The van der Waals surface area contributed by atoms with Crippen LogP contribution < -0.4 is 30.8 Å². The monoisotopic (exact) mass is 543 g/mol. The Hall–Kier alpha value is -4.87. The predicted molar refractivity (Wildman–Crippen MR) is 168 cm³/mol. The molecule has 5 heteroatoms. The summed E-state index contributed by atoms with van der Waals surface area (Å²) in [5, 5.41) is 0. The van der Waals surface area contributed by atoms with E-state index in [9.17, 15) is 0 Å². The lowest BCUT2D eigenvalue weighted by Gasteiger charge is -2.36. The minimum atomic E-state index is 0.0368. The van der Waals surface area contributed by atoms with Crippen LogP contribution in [0.15, 0.2) is 143 Å². The third kappa shape index (κ3) is 3.36. The van der Waals surface area contributed by atoms with Gasteiger partial charge >= 0.3 is 0 Å². The van der Waals surface area contributed by atoms with Crippen LogP contribution in [0, 0.1) is 0 Å². The fourth-order valence-corrected chi connectivity index (χ4v) is 7.57. The molecule has 0 atom stereocenters. The zero-order valence-corrected chi connectivity index (χ0v) is 22.8. The van der Waals surface area contributed by atoms with Gasteiger partial charge < -0.3 is 14.4 Å². The van der Waals surface area contributed by atoms with Crippen molar-refractivity contribution >= 4 is 51.9 Å². The van der Waals surface area contributed by atoms with Gasteiger partial charge in [0.2, 0.25) is 0 Å². The summed E-state index contributed by atoms with van der Waals surface area (Å²) in [5.41, 5.74) is 9.14. The molecule has 3 nitrogen and oxygen atoms in total. The van der Waals surface area contributed by atoms with E-state index in [4.69, 9.17) is 9.47 Å². The van der Waals surface area contributed by atoms with Crippen LogP contribution in [-0.4, -0.2) is 6.71 Å². The van der Waals surface area contributed by atoms with E-state index in [-0.39, 0.29) is 6.71 Å². The molecule has 0 radical (unpaired) electrons. The van der Waals surface area contributed by atoms with E-state index in [0.717, 1.165) is 50.7 Å². The molecule has 0 aromatic heterocycles. The molecular weight excluding hydrogens is 521 g/mol. The van der Waals surface area contributed by atoms with Crippen molar-refractivity contribution in [1.29, 1.82) is 0 Å². The summed E-state index contributed by atoms with van der Waals surface area (Å²) in [5.74, 6) is 3.53. The number of benzene rings is 6. The predicted octanol–water partition coefficient (Wildman–Crippen LogP) is 8.02. The molecule has 41 heavy (non-hydrogen) atoms. The topological polar surface area (TPSA) is 21.7 Å². The number of hydrogen-bond acceptors (Lipinski definition) is 4. The summed E-state index contributed by atoms with van der Waals surface area (Å²) in [4.78, 5) is 4.86. The Bertz CT molecular complexity index is 2010. The van der Waals surface area contributed by atoms with E-state index in [1.54, 1.807) is 0 Å². The molecule has 192 valence electrons. The largest absolute Gasteiger partial charge is 0.458 e. The molecule has 0 saturated heterocycles. The Balaban J connectivity index is 1.30. The lowest BCUT2D eigenvalue weighted by molar-refractivity contribution is 0.465. The average molecular weight is 543 g/mol. The van der Waals surface area contributed by atoms with Gasteiger partial charge in [-0.15, -0.1) is 0 Å². The van der Waals surface area contributed by atoms with Crippen molar-refractivity contribution in [2.45, 2.75) is 9.79 Å². The van der Waals surface area contributed by atoms with Crippen LogP contribution in [0.25, 0.3) is 11.1 Å². The first kappa shape index (κ1) is 22.9. The van der Waals surface area contributed by atoms with Gasteiger partial charge in [-0.3, -0.25) is 0 Å². The van der Waals surface area contributed by atoms with E-state index >= 15 is 0 Å². The fourth-order valence-electron chi connectivity index (χ4n) is 6.48. The maximum absolute atomic E-state index is 6.82. The second kappa shape index (κ2) is 8.82. The minimum absolute atomic E-state index is 0.0368. The first-order valence-corrected chi connectivity index (χ1v) is 14.6. The van der Waals surface area contributed by atoms with Gasteiger partial charge in [0, 0.05) is 32.1 Å². The van der Waals surface area contributed by atoms with Crippen LogP contribution in [0.4, 0.5) is 17.1 Å².